The fourth-order valence-electron chi connectivity index (χ4n) is 3.16. The van der Waals surface area contributed by atoms with E-state index in [2.05, 4.69) is 26.4 Å². The van der Waals surface area contributed by atoms with Crippen molar-refractivity contribution in [3.8, 4) is 12.3 Å². The van der Waals surface area contributed by atoms with Crippen LogP contribution in [-0.4, -0.2) is 35.9 Å². The lowest BCUT2D eigenvalue weighted by atomic mass is 10.0. The van der Waals surface area contributed by atoms with E-state index in [0.717, 1.165) is 37.3 Å². The van der Waals surface area contributed by atoms with Gasteiger partial charge in [-0.3, -0.25) is 4.79 Å². The first-order valence-corrected chi connectivity index (χ1v) is 8.81. The summed E-state index contributed by atoms with van der Waals surface area (Å²) in [7, 11) is 0. The van der Waals surface area contributed by atoms with Crippen molar-refractivity contribution in [2.75, 3.05) is 23.3 Å². The Hall–Kier alpha value is -2.39. The molecular formula is C19H24N4O2. The third-order valence-corrected chi connectivity index (χ3v) is 4.79. The highest BCUT2D eigenvalue weighted by atomic mass is 16.3. The van der Waals surface area contributed by atoms with Crippen LogP contribution in [0, 0.1) is 12.3 Å². The number of hydrogen-bond acceptors (Lipinski definition) is 5. The van der Waals surface area contributed by atoms with Gasteiger partial charge in [-0.1, -0.05) is 12.1 Å². The lowest BCUT2D eigenvalue weighted by molar-refractivity contribution is -0.116. The van der Waals surface area contributed by atoms with E-state index in [-0.39, 0.29) is 12.0 Å². The third-order valence-electron chi connectivity index (χ3n) is 4.79. The van der Waals surface area contributed by atoms with Crippen molar-refractivity contribution in [1.29, 1.82) is 0 Å². The summed E-state index contributed by atoms with van der Waals surface area (Å²) < 4.78 is 0. The molecule has 3 rings (SSSR count). The van der Waals surface area contributed by atoms with Crippen molar-refractivity contribution < 1.29 is 9.90 Å². The minimum atomic E-state index is -0.424. The van der Waals surface area contributed by atoms with Crippen molar-refractivity contribution in [3.63, 3.8) is 0 Å². The van der Waals surface area contributed by atoms with E-state index >= 15 is 0 Å². The van der Waals surface area contributed by atoms with Gasteiger partial charge in [-0.25, -0.2) is 0 Å². The SMILES string of the molecule is C#CCCC1(CCC(=O)Nc2ccccc2N2CCC(O)CC2)N=N1. The molecule has 0 atom stereocenters. The normalized spacial score (nSPS) is 18.6. The maximum absolute atomic E-state index is 12.4. The molecule has 0 radical (unpaired) electrons. The molecule has 1 aromatic rings. The lowest BCUT2D eigenvalue weighted by Gasteiger charge is -2.32. The molecule has 0 unspecified atom stereocenters. The number of terminal acetylenes is 1. The number of nitrogens with one attached hydrogen (secondary N) is 1. The maximum Gasteiger partial charge on any atom is 0.224 e. The van der Waals surface area contributed by atoms with Crippen molar-refractivity contribution >= 4 is 17.3 Å². The molecule has 25 heavy (non-hydrogen) atoms. The molecule has 0 bridgehead atoms. The van der Waals surface area contributed by atoms with Crippen LogP contribution in [0.4, 0.5) is 11.4 Å². The van der Waals surface area contributed by atoms with Gasteiger partial charge in [0.1, 0.15) is 0 Å². The summed E-state index contributed by atoms with van der Waals surface area (Å²) >= 11 is 0. The van der Waals surface area contributed by atoms with Crippen LogP contribution in [0.15, 0.2) is 34.5 Å². The van der Waals surface area contributed by atoms with Crippen LogP contribution in [0.3, 0.4) is 0 Å². The second kappa shape index (κ2) is 7.66. The molecule has 2 aliphatic heterocycles. The highest BCUT2D eigenvalue weighted by Gasteiger charge is 2.39. The first-order valence-electron chi connectivity index (χ1n) is 8.81. The molecule has 132 valence electrons. The minimum Gasteiger partial charge on any atom is -0.393 e. The Morgan fingerprint density at radius 2 is 2.04 bits per heavy atom. The summed E-state index contributed by atoms with van der Waals surface area (Å²) in [6.45, 7) is 1.59. The van der Waals surface area contributed by atoms with Crippen molar-refractivity contribution in [3.05, 3.63) is 24.3 Å². The average Bonchev–Trinajstić information content (AvgIpc) is 3.40. The number of carbonyl (C=O) groups is 1. The largest absolute Gasteiger partial charge is 0.393 e. The van der Waals surface area contributed by atoms with E-state index in [1.807, 2.05) is 24.3 Å². The summed E-state index contributed by atoms with van der Waals surface area (Å²) in [5, 5.41) is 20.8. The van der Waals surface area contributed by atoms with Crippen LogP contribution < -0.4 is 10.2 Å². The van der Waals surface area contributed by atoms with Crippen LogP contribution in [-0.2, 0) is 4.79 Å². The molecule has 0 saturated carbocycles. The Morgan fingerprint density at radius 3 is 2.72 bits per heavy atom. The van der Waals surface area contributed by atoms with Gasteiger partial charge < -0.3 is 15.3 Å². The highest BCUT2D eigenvalue weighted by molar-refractivity contribution is 5.94. The number of rotatable bonds is 7. The number of nitrogens with zero attached hydrogens (tertiary/aromatic N) is 3. The quantitative estimate of drug-likeness (QED) is 0.749. The first kappa shape index (κ1) is 17.4. The third kappa shape index (κ3) is 4.58. The molecule has 1 fully saturated rings. The van der Waals surface area contributed by atoms with Crippen LogP contribution in [0.2, 0.25) is 0 Å². The number of carbonyl (C=O) groups excluding carboxylic acids is 1. The van der Waals surface area contributed by atoms with Gasteiger partial charge >= 0.3 is 0 Å². The molecule has 6 nitrogen and oxygen atoms in total. The predicted octanol–water partition coefficient (Wildman–Crippen LogP) is 2.94. The highest BCUT2D eigenvalue weighted by Crippen LogP contribution is 2.37. The van der Waals surface area contributed by atoms with E-state index in [4.69, 9.17) is 6.42 Å². The Bertz CT molecular complexity index is 681. The van der Waals surface area contributed by atoms with Gasteiger partial charge in [-0.2, -0.15) is 10.2 Å². The number of hydrogen-bond donors (Lipinski definition) is 2. The molecule has 6 heteroatoms. The maximum atomic E-state index is 12.4. The summed E-state index contributed by atoms with van der Waals surface area (Å²) in [5.41, 5.74) is 1.39. The summed E-state index contributed by atoms with van der Waals surface area (Å²) in [5.74, 6) is 2.55. The van der Waals surface area contributed by atoms with Crippen LogP contribution in [0.5, 0.6) is 0 Å². The van der Waals surface area contributed by atoms with Gasteiger partial charge in [0, 0.05) is 38.8 Å². The van der Waals surface area contributed by atoms with Gasteiger partial charge in [0.05, 0.1) is 17.5 Å². The second-order valence-corrected chi connectivity index (χ2v) is 6.67. The molecule has 2 N–H and O–H groups in total. The molecule has 1 aromatic carbocycles. The molecule has 1 saturated heterocycles. The summed E-state index contributed by atoms with van der Waals surface area (Å²) in [6.07, 6.45) is 8.87. The molecule has 0 aliphatic carbocycles. The van der Waals surface area contributed by atoms with Crippen LogP contribution in [0.1, 0.15) is 38.5 Å². The number of aliphatic hydroxyl groups is 1. The Balaban J connectivity index is 1.56. The van der Waals surface area contributed by atoms with Gasteiger partial charge in [0.2, 0.25) is 5.91 Å². The average molecular weight is 340 g/mol. The number of piperidine rings is 1. The van der Waals surface area contributed by atoms with Crippen LogP contribution in [0.25, 0.3) is 0 Å². The van der Waals surface area contributed by atoms with Crippen molar-refractivity contribution in [1.82, 2.24) is 0 Å². The molecule has 2 aliphatic rings. The zero-order chi connectivity index (χ0) is 17.7. The Labute approximate surface area is 148 Å². The van der Waals surface area contributed by atoms with Crippen molar-refractivity contribution in [2.24, 2.45) is 10.2 Å². The van der Waals surface area contributed by atoms with Gasteiger partial charge in [0.25, 0.3) is 0 Å². The Kier molecular flexibility index (Phi) is 5.34. The smallest absolute Gasteiger partial charge is 0.224 e. The van der Waals surface area contributed by atoms with E-state index in [1.54, 1.807) is 0 Å². The zero-order valence-electron chi connectivity index (χ0n) is 14.3. The van der Waals surface area contributed by atoms with Gasteiger partial charge in [0.15, 0.2) is 5.66 Å². The fraction of sp³-hybridized carbons (Fsp3) is 0.526. The zero-order valence-corrected chi connectivity index (χ0v) is 14.3. The summed E-state index contributed by atoms with van der Waals surface area (Å²) in [6, 6.07) is 7.80. The number of benzene rings is 1. The monoisotopic (exact) mass is 340 g/mol. The lowest BCUT2D eigenvalue weighted by Crippen LogP contribution is -2.36. The fourth-order valence-corrected chi connectivity index (χ4v) is 3.16. The number of para-hydroxylation sites is 2. The first-order chi connectivity index (χ1) is 12.1. The topological polar surface area (TPSA) is 77.3 Å². The molecule has 0 aromatic heterocycles. The molecule has 1 amide bonds. The Morgan fingerprint density at radius 1 is 1.32 bits per heavy atom. The molecular weight excluding hydrogens is 316 g/mol. The van der Waals surface area contributed by atoms with E-state index in [9.17, 15) is 9.90 Å². The van der Waals surface area contributed by atoms with E-state index in [1.165, 1.54) is 0 Å². The van der Waals surface area contributed by atoms with Crippen LogP contribution >= 0.6 is 0 Å². The van der Waals surface area contributed by atoms with Gasteiger partial charge in [-0.15, -0.1) is 12.3 Å². The van der Waals surface area contributed by atoms with Gasteiger partial charge in [-0.05, 0) is 25.0 Å². The van der Waals surface area contributed by atoms with Crippen molar-refractivity contribution in [2.45, 2.75) is 50.3 Å². The number of aliphatic hydroxyl groups excluding tert-OH is 1. The molecule has 2 heterocycles. The van der Waals surface area contributed by atoms with E-state index < -0.39 is 5.66 Å². The number of anilines is 2. The van der Waals surface area contributed by atoms with E-state index in [0.29, 0.717) is 25.7 Å². The number of amides is 1. The summed E-state index contributed by atoms with van der Waals surface area (Å²) in [4.78, 5) is 14.6. The minimum absolute atomic E-state index is 0.0399. The predicted molar refractivity (Wildman–Crippen MR) is 97.4 cm³/mol. The second-order valence-electron chi connectivity index (χ2n) is 6.67. The standard InChI is InChI=1S/C19H24N4O2/c1-2-3-11-19(21-22-19)12-8-18(25)20-16-6-4-5-7-17(16)23-13-9-15(24)10-14-23/h1,4-7,15,24H,3,8-14H2,(H,20,25). The molecule has 0 spiro atoms.